The Kier molecular flexibility index (Phi) is 3.82. The van der Waals surface area contributed by atoms with Gasteiger partial charge in [-0.3, -0.25) is 4.79 Å². The lowest BCUT2D eigenvalue weighted by molar-refractivity contribution is -0.125. The van der Waals surface area contributed by atoms with Crippen LogP contribution >= 0.6 is 11.6 Å². The molecule has 2 rings (SSSR count). The first-order chi connectivity index (χ1) is 8.15. The second-order valence-corrected chi connectivity index (χ2v) is 4.55. The van der Waals surface area contributed by atoms with Crippen molar-refractivity contribution in [3.63, 3.8) is 0 Å². The number of nitrogens with zero attached hydrogens (tertiary/aromatic N) is 1. The van der Waals surface area contributed by atoms with Crippen molar-refractivity contribution in [2.45, 2.75) is 12.5 Å². The van der Waals surface area contributed by atoms with Gasteiger partial charge in [0.1, 0.15) is 0 Å². The predicted octanol–water partition coefficient (Wildman–Crippen LogP) is 1.95. The SMILES string of the molecule is O=C(C=Cc1cccc(Cl)c1)N1CCC(O)C1. The molecule has 0 spiro atoms. The summed E-state index contributed by atoms with van der Waals surface area (Å²) in [6.07, 6.45) is 3.54. The molecule has 1 aliphatic heterocycles. The van der Waals surface area contributed by atoms with Crippen molar-refractivity contribution in [2.75, 3.05) is 13.1 Å². The molecule has 0 aliphatic carbocycles. The van der Waals surface area contributed by atoms with Gasteiger partial charge in [0.2, 0.25) is 5.91 Å². The summed E-state index contributed by atoms with van der Waals surface area (Å²) >= 11 is 5.84. The van der Waals surface area contributed by atoms with Crippen molar-refractivity contribution >= 4 is 23.6 Å². The Morgan fingerprint density at radius 3 is 3.00 bits per heavy atom. The first kappa shape index (κ1) is 12.1. The van der Waals surface area contributed by atoms with Gasteiger partial charge in [0.25, 0.3) is 0 Å². The van der Waals surface area contributed by atoms with Gasteiger partial charge in [0.15, 0.2) is 0 Å². The van der Waals surface area contributed by atoms with Crippen LogP contribution in [-0.4, -0.2) is 35.1 Å². The largest absolute Gasteiger partial charge is 0.391 e. The van der Waals surface area contributed by atoms with Gasteiger partial charge >= 0.3 is 0 Å². The molecule has 0 saturated carbocycles. The van der Waals surface area contributed by atoms with Crippen LogP contribution < -0.4 is 0 Å². The van der Waals surface area contributed by atoms with Crippen LogP contribution in [0.25, 0.3) is 6.08 Å². The van der Waals surface area contributed by atoms with Crippen LogP contribution in [0.2, 0.25) is 5.02 Å². The number of likely N-dealkylation sites (tertiary alicyclic amines) is 1. The van der Waals surface area contributed by atoms with E-state index >= 15 is 0 Å². The Labute approximate surface area is 105 Å². The van der Waals surface area contributed by atoms with Crippen LogP contribution in [0.3, 0.4) is 0 Å². The molecule has 1 aliphatic rings. The maximum atomic E-state index is 11.7. The van der Waals surface area contributed by atoms with Gasteiger partial charge in [-0.1, -0.05) is 23.7 Å². The minimum Gasteiger partial charge on any atom is -0.391 e. The standard InChI is InChI=1S/C13H14ClNO2/c14-11-3-1-2-10(8-11)4-5-13(17)15-7-6-12(16)9-15/h1-5,8,12,16H,6-7,9H2. The molecule has 1 aromatic carbocycles. The molecular formula is C13H14ClNO2. The molecule has 1 aromatic rings. The number of carbonyl (C=O) groups excluding carboxylic acids is 1. The van der Waals surface area contributed by atoms with Crippen LogP contribution in [0, 0.1) is 0 Å². The van der Waals surface area contributed by atoms with Crippen LogP contribution in [0.1, 0.15) is 12.0 Å². The van der Waals surface area contributed by atoms with Gasteiger partial charge in [-0.25, -0.2) is 0 Å². The van der Waals surface area contributed by atoms with Crippen LogP contribution in [-0.2, 0) is 4.79 Å². The number of rotatable bonds is 2. The molecule has 17 heavy (non-hydrogen) atoms. The number of amides is 1. The maximum absolute atomic E-state index is 11.7. The number of halogens is 1. The number of aliphatic hydroxyl groups is 1. The summed E-state index contributed by atoms with van der Waals surface area (Å²) in [5, 5.41) is 9.98. The second kappa shape index (κ2) is 5.34. The lowest BCUT2D eigenvalue weighted by Gasteiger charge is -2.12. The molecule has 1 heterocycles. The summed E-state index contributed by atoms with van der Waals surface area (Å²) in [7, 11) is 0. The predicted molar refractivity (Wildman–Crippen MR) is 67.7 cm³/mol. The van der Waals surface area contributed by atoms with E-state index < -0.39 is 0 Å². The zero-order valence-corrected chi connectivity index (χ0v) is 10.1. The first-order valence-electron chi connectivity index (χ1n) is 5.56. The van der Waals surface area contributed by atoms with E-state index in [9.17, 15) is 9.90 Å². The number of hydrogen-bond acceptors (Lipinski definition) is 2. The van der Waals surface area contributed by atoms with E-state index in [0.717, 1.165) is 5.56 Å². The quantitative estimate of drug-likeness (QED) is 0.817. The lowest BCUT2D eigenvalue weighted by atomic mass is 10.2. The third-order valence-electron chi connectivity index (χ3n) is 2.74. The van der Waals surface area contributed by atoms with Crippen molar-refractivity contribution in [2.24, 2.45) is 0 Å². The highest BCUT2D eigenvalue weighted by Gasteiger charge is 2.22. The zero-order valence-electron chi connectivity index (χ0n) is 9.34. The average molecular weight is 252 g/mol. The lowest BCUT2D eigenvalue weighted by Crippen LogP contribution is -2.27. The van der Waals surface area contributed by atoms with E-state index in [1.807, 2.05) is 12.1 Å². The van der Waals surface area contributed by atoms with Crippen LogP contribution in [0.4, 0.5) is 0 Å². The van der Waals surface area contributed by atoms with Crippen molar-refractivity contribution < 1.29 is 9.90 Å². The highest BCUT2D eigenvalue weighted by Crippen LogP contribution is 2.13. The number of aliphatic hydroxyl groups excluding tert-OH is 1. The fourth-order valence-corrected chi connectivity index (χ4v) is 2.02. The van der Waals surface area contributed by atoms with E-state index in [1.165, 1.54) is 6.08 Å². The summed E-state index contributed by atoms with van der Waals surface area (Å²) < 4.78 is 0. The zero-order chi connectivity index (χ0) is 12.3. The maximum Gasteiger partial charge on any atom is 0.246 e. The van der Waals surface area contributed by atoms with Gasteiger partial charge in [-0.05, 0) is 30.2 Å². The molecule has 90 valence electrons. The van der Waals surface area contributed by atoms with E-state index in [4.69, 9.17) is 11.6 Å². The fourth-order valence-electron chi connectivity index (χ4n) is 1.83. The number of benzene rings is 1. The Morgan fingerprint density at radius 1 is 1.53 bits per heavy atom. The first-order valence-corrected chi connectivity index (χ1v) is 5.93. The highest BCUT2D eigenvalue weighted by atomic mass is 35.5. The Hall–Kier alpha value is -1.32. The molecule has 3 nitrogen and oxygen atoms in total. The summed E-state index contributed by atoms with van der Waals surface area (Å²) in [5.74, 6) is -0.0680. The minimum atomic E-state index is -0.376. The Morgan fingerprint density at radius 2 is 2.35 bits per heavy atom. The van der Waals surface area contributed by atoms with Crippen LogP contribution in [0.15, 0.2) is 30.3 Å². The summed E-state index contributed by atoms with van der Waals surface area (Å²) in [6, 6.07) is 7.31. The summed E-state index contributed by atoms with van der Waals surface area (Å²) in [5.41, 5.74) is 0.894. The molecule has 1 atom stereocenters. The molecule has 4 heteroatoms. The molecule has 0 aromatic heterocycles. The molecule has 1 saturated heterocycles. The van der Waals surface area contributed by atoms with E-state index in [-0.39, 0.29) is 12.0 Å². The summed E-state index contributed by atoms with van der Waals surface area (Å²) in [4.78, 5) is 13.4. The van der Waals surface area contributed by atoms with Crippen LogP contribution in [0.5, 0.6) is 0 Å². The molecular weight excluding hydrogens is 238 g/mol. The second-order valence-electron chi connectivity index (χ2n) is 4.12. The highest BCUT2D eigenvalue weighted by molar-refractivity contribution is 6.30. The molecule has 1 amide bonds. The normalized spacial score (nSPS) is 20.1. The third-order valence-corrected chi connectivity index (χ3v) is 2.98. The molecule has 1 fully saturated rings. The summed E-state index contributed by atoms with van der Waals surface area (Å²) in [6.45, 7) is 1.05. The van der Waals surface area contributed by atoms with Gasteiger partial charge in [-0.2, -0.15) is 0 Å². The Bertz CT molecular complexity index is 445. The number of β-amino-alcohol motifs (C(OH)–C–C–N with tert-alkyl or cyclic N) is 1. The van der Waals surface area contributed by atoms with Crippen molar-refractivity contribution in [3.05, 3.63) is 40.9 Å². The third kappa shape index (κ3) is 3.32. The van der Waals surface area contributed by atoms with Crippen molar-refractivity contribution in [1.29, 1.82) is 0 Å². The fraction of sp³-hybridized carbons (Fsp3) is 0.308. The monoisotopic (exact) mass is 251 g/mol. The van der Waals surface area contributed by atoms with Gasteiger partial charge in [0.05, 0.1) is 6.10 Å². The minimum absolute atomic E-state index is 0.0680. The van der Waals surface area contributed by atoms with E-state index in [0.29, 0.717) is 24.5 Å². The van der Waals surface area contributed by atoms with E-state index in [1.54, 1.807) is 23.1 Å². The average Bonchev–Trinajstić information content (AvgIpc) is 2.73. The van der Waals surface area contributed by atoms with Crippen molar-refractivity contribution in [3.8, 4) is 0 Å². The molecule has 1 unspecified atom stereocenters. The Balaban J connectivity index is 1.98. The topological polar surface area (TPSA) is 40.5 Å². The molecule has 0 radical (unpaired) electrons. The smallest absolute Gasteiger partial charge is 0.246 e. The van der Waals surface area contributed by atoms with Crippen molar-refractivity contribution in [1.82, 2.24) is 4.90 Å². The molecule has 0 bridgehead atoms. The number of carbonyl (C=O) groups is 1. The van der Waals surface area contributed by atoms with Gasteiger partial charge in [0, 0.05) is 24.2 Å². The number of hydrogen-bond donors (Lipinski definition) is 1. The van der Waals surface area contributed by atoms with E-state index in [2.05, 4.69) is 0 Å². The molecule has 1 N–H and O–H groups in total. The van der Waals surface area contributed by atoms with Gasteiger partial charge < -0.3 is 10.0 Å². The van der Waals surface area contributed by atoms with Gasteiger partial charge in [-0.15, -0.1) is 0 Å².